The van der Waals surface area contributed by atoms with Crippen LogP contribution in [0.15, 0.2) is 125 Å². The van der Waals surface area contributed by atoms with E-state index in [1.165, 1.54) is 4.31 Å². The van der Waals surface area contributed by atoms with Gasteiger partial charge in [0.1, 0.15) is 0 Å². The van der Waals surface area contributed by atoms with Gasteiger partial charge in [-0.1, -0.05) is 90.5 Å². The van der Waals surface area contributed by atoms with Crippen LogP contribution in [0.4, 0.5) is 5.69 Å². The Kier molecular flexibility index (Phi) is 7.96. The molecule has 200 valence electrons. The topological polar surface area (TPSA) is 78.8 Å². The van der Waals surface area contributed by atoms with Crippen LogP contribution >= 0.6 is 11.6 Å². The zero-order valence-corrected chi connectivity index (χ0v) is 23.2. The second-order valence-corrected chi connectivity index (χ2v) is 11.5. The molecule has 0 aromatic heterocycles. The third kappa shape index (κ3) is 5.91. The Morgan fingerprint density at radius 3 is 2.35 bits per heavy atom. The van der Waals surface area contributed by atoms with Crippen LogP contribution in [-0.4, -0.2) is 20.5 Å². The van der Waals surface area contributed by atoms with E-state index in [9.17, 15) is 13.2 Å². The summed E-state index contributed by atoms with van der Waals surface area (Å²) < 4.78 is 28.7. The quantitative estimate of drug-likeness (QED) is 0.163. The van der Waals surface area contributed by atoms with Crippen LogP contribution in [-0.2, 0) is 16.6 Å². The normalized spacial score (nSPS) is 11.6. The molecule has 0 aliphatic heterocycles. The molecule has 8 heteroatoms. The van der Waals surface area contributed by atoms with Crippen molar-refractivity contribution >= 4 is 50.2 Å². The van der Waals surface area contributed by atoms with Gasteiger partial charge in [0.2, 0.25) is 0 Å². The Hall–Kier alpha value is -4.46. The van der Waals surface area contributed by atoms with E-state index in [1.54, 1.807) is 79.0 Å². The minimum atomic E-state index is -3.90. The van der Waals surface area contributed by atoms with Crippen molar-refractivity contribution < 1.29 is 13.2 Å². The summed E-state index contributed by atoms with van der Waals surface area (Å²) in [6, 6.07) is 34.0. The molecule has 0 bridgehead atoms. The van der Waals surface area contributed by atoms with E-state index in [4.69, 9.17) is 11.6 Å². The van der Waals surface area contributed by atoms with Gasteiger partial charge in [-0.05, 0) is 65.2 Å². The number of sulfonamides is 1. The maximum atomic E-state index is 13.7. The van der Waals surface area contributed by atoms with Gasteiger partial charge in [0, 0.05) is 16.1 Å². The Bertz CT molecular complexity index is 1800. The van der Waals surface area contributed by atoms with Gasteiger partial charge >= 0.3 is 0 Å². The van der Waals surface area contributed by atoms with Crippen LogP contribution < -0.4 is 9.73 Å². The average molecular weight is 568 g/mol. The number of hydrazone groups is 1. The molecule has 5 rings (SSSR count). The van der Waals surface area contributed by atoms with Crippen LogP contribution in [0.5, 0.6) is 0 Å². The van der Waals surface area contributed by atoms with Gasteiger partial charge in [-0.3, -0.25) is 9.10 Å². The summed E-state index contributed by atoms with van der Waals surface area (Å²) in [5, 5.41) is 6.70. The number of carbonyl (C=O) groups excluding carboxylic acids is 1. The summed E-state index contributed by atoms with van der Waals surface area (Å²) >= 11 is 6.25. The maximum absolute atomic E-state index is 13.7. The molecule has 40 heavy (non-hydrogen) atoms. The summed E-state index contributed by atoms with van der Waals surface area (Å²) in [5.41, 5.74) is 5.82. The largest absolute Gasteiger partial charge is 0.271 e. The number of halogens is 1. The molecule has 0 aliphatic rings. The van der Waals surface area contributed by atoms with E-state index in [1.807, 2.05) is 49.4 Å². The predicted molar refractivity (Wildman–Crippen MR) is 161 cm³/mol. The van der Waals surface area contributed by atoms with E-state index >= 15 is 0 Å². The van der Waals surface area contributed by atoms with Crippen molar-refractivity contribution in [2.75, 3.05) is 4.31 Å². The first-order valence-corrected chi connectivity index (χ1v) is 14.4. The first kappa shape index (κ1) is 27.1. The second kappa shape index (κ2) is 11.7. The van der Waals surface area contributed by atoms with Crippen LogP contribution in [0.3, 0.4) is 0 Å². The lowest BCUT2D eigenvalue weighted by Gasteiger charge is -2.26. The third-order valence-electron chi connectivity index (χ3n) is 6.51. The molecule has 0 saturated carbocycles. The molecule has 6 nitrogen and oxygen atoms in total. The maximum Gasteiger partial charge on any atom is 0.271 e. The number of nitrogens with one attached hydrogen (secondary N) is 1. The van der Waals surface area contributed by atoms with Crippen LogP contribution in [0.25, 0.3) is 10.8 Å². The molecule has 1 amide bonds. The molecule has 0 spiro atoms. The first-order chi connectivity index (χ1) is 19.3. The zero-order chi connectivity index (χ0) is 28.1. The number of hydrogen-bond acceptors (Lipinski definition) is 4. The smallest absolute Gasteiger partial charge is 0.267 e. The molecule has 0 atom stereocenters. The molecule has 0 saturated heterocycles. The molecule has 5 aromatic carbocycles. The number of benzene rings is 5. The van der Waals surface area contributed by atoms with Crippen molar-refractivity contribution in [3.05, 3.63) is 143 Å². The van der Waals surface area contributed by atoms with Gasteiger partial charge in [-0.15, -0.1) is 0 Å². The van der Waals surface area contributed by atoms with Crippen molar-refractivity contribution in [2.24, 2.45) is 5.10 Å². The summed E-state index contributed by atoms with van der Waals surface area (Å²) in [7, 11) is -3.90. The van der Waals surface area contributed by atoms with Gasteiger partial charge in [-0.25, -0.2) is 13.8 Å². The highest BCUT2D eigenvalue weighted by atomic mass is 35.5. The third-order valence-corrected chi connectivity index (χ3v) is 8.52. The number of anilines is 1. The van der Waals surface area contributed by atoms with Crippen LogP contribution in [0, 0.1) is 6.92 Å². The summed E-state index contributed by atoms with van der Waals surface area (Å²) in [6.45, 7) is 1.89. The van der Waals surface area contributed by atoms with Gasteiger partial charge in [-0.2, -0.15) is 5.10 Å². The highest BCUT2D eigenvalue weighted by Crippen LogP contribution is 2.31. The number of aryl methyl sites for hydroxylation is 1. The van der Waals surface area contributed by atoms with Gasteiger partial charge in [0.25, 0.3) is 15.9 Å². The van der Waals surface area contributed by atoms with Crippen molar-refractivity contribution in [1.29, 1.82) is 0 Å². The van der Waals surface area contributed by atoms with E-state index in [0.717, 1.165) is 21.9 Å². The van der Waals surface area contributed by atoms with Crippen molar-refractivity contribution in [2.45, 2.75) is 18.4 Å². The fourth-order valence-corrected chi connectivity index (χ4v) is 6.08. The minimum absolute atomic E-state index is 0.0551. The molecule has 5 aromatic rings. The van der Waals surface area contributed by atoms with Crippen molar-refractivity contribution in [3.63, 3.8) is 0 Å². The lowest BCUT2D eigenvalue weighted by molar-refractivity contribution is 0.0955. The van der Waals surface area contributed by atoms with E-state index in [2.05, 4.69) is 10.5 Å². The number of hydrogen-bond donors (Lipinski definition) is 1. The fraction of sp³-hybridized carbons (Fsp3) is 0.0625. The predicted octanol–water partition coefficient (Wildman–Crippen LogP) is 6.96. The minimum Gasteiger partial charge on any atom is -0.267 e. The fourth-order valence-electron chi connectivity index (χ4n) is 4.39. The zero-order valence-electron chi connectivity index (χ0n) is 21.7. The molecule has 0 radical (unpaired) electrons. The Labute approximate surface area is 238 Å². The highest BCUT2D eigenvalue weighted by molar-refractivity contribution is 7.92. The number of rotatable bonds is 8. The first-order valence-electron chi connectivity index (χ1n) is 12.6. The van der Waals surface area contributed by atoms with E-state index in [0.29, 0.717) is 21.8 Å². The van der Waals surface area contributed by atoms with Crippen LogP contribution in [0.1, 0.15) is 27.0 Å². The molecule has 0 unspecified atom stereocenters. The Balaban J connectivity index is 1.36. The monoisotopic (exact) mass is 567 g/mol. The number of amides is 1. The molecule has 0 heterocycles. The summed E-state index contributed by atoms with van der Waals surface area (Å²) in [6.07, 6.45) is 1.62. The van der Waals surface area contributed by atoms with Gasteiger partial charge in [0.15, 0.2) is 0 Å². The summed E-state index contributed by atoms with van der Waals surface area (Å²) in [4.78, 5) is 12.9. The van der Waals surface area contributed by atoms with Crippen molar-refractivity contribution in [1.82, 2.24) is 5.43 Å². The van der Waals surface area contributed by atoms with E-state index in [-0.39, 0.29) is 17.3 Å². The Morgan fingerprint density at radius 2 is 1.57 bits per heavy atom. The lowest BCUT2D eigenvalue weighted by Crippen LogP contribution is -2.31. The Morgan fingerprint density at radius 1 is 0.875 bits per heavy atom. The molecular weight excluding hydrogens is 542 g/mol. The van der Waals surface area contributed by atoms with Crippen LogP contribution in [0.2, 0.25) is 5.02 Å². The SMILES string of the molecule is Cc1ccc(Cl)cc1N(Cc1ccc(C(=O)N/N=C\c2cccc3ccccc23)cc1)S(=O)(=O)c1ccccc1. The lowest BCUT2D eigenvalue weighted by atomic mass is 10.1. The number of fused-ring (bicyclic) bond motifs is 1. The van der Waals surface area contributed by atoms with Crippen molar-refractivity contribution in [3.8, 4) is 0 Å². The van der Waals surface area contributed by atoms with E-state index < -0.39 is 10.0 Å². The standard InChI is InChI=1S/C32H26ClN3O3S/c1-23-14-19-28(33)20-31(23)36(40(38,39)29-11-3-2-4-12-29)22-24-15-17-26(18-16-24)32(37)35-34-21-27-10-7-9-25-8-5-6-13-30(25)27/h2-21H,22H2,1H3,(H,35,37)/b34-21-. The number of nitrogens with zero attached hydrogens (tertiary/aromatic N) is 2. The van der Waals surface area contributed by atoms with Gasteiger partial charge < -0.3 is 0 Å². The van der Waals surface area contributed by atoms with Gasteiger partial charge in [0.05, 0.1) is 23.3 Å². The average Bonchev–Trinajstić information content (AvgIpc) is 2.98. The highest BCUT2D eigenvalue weighted by Gasteiger charge is 2.26. The second-order valence-electron chi connectivity index (χ2n) is 9.22. The molecular formula is C32H26ClN3O3S. The molecule has 0 aliphatic carbocycles. The molecule has 0 fully saturated rings. The summed E-state index contributed by atoms with van der Waals surface area (Å²) in [5.74, 6) is -0.373. The molecule has 1 N–H and O–H groups in total. The number of carbonyl (C=O) groups is 1.